The van der Waals surface area contributed by atoms with Gasteiger partial charge < -0.3 is 16.2 Å². The Morgan fingerprint density at radius 1 is 0.946 bits per heavy atom. The zero-order valence-electron chi connectivity index (χ0n) is 19.4. The van der Waals surface area contributed by atoms with E-state index in [-0.39, 0.29) is 10.5 Å². The van der Waals surface area contributed by atoms with Crippen LogP contribution in [0.1, 0.15) is 28.0 Å². The molecular formula is C27H22N4O5S. The van der Waals surface area contributed by atoms with Crippen molar-refractivity contribution in [2.24, 2.45) is 0 Å². The van der Waals surface area contributed by atoms with Gasteiger partial charge in [0, 0.05) is 16.5 Å². The van der Waals surface area contributed by atoms with E-state index in [1.165, 1.54) is 36.4 Å². The molecule has 0 bridgehead atoms. The SMILES string of the molecule is Nc1cc2ccccc2c(C#Cc2ccc(S(=O)(=O)N[C@@H](CC(=O)O)NC(=O)c3ccccc3)cc2)n1. The quantitative estimate of drug-likeness (QED) is 0.219. The number of fused-ring (bicyclic) bond motifs is 1. The Morgan fingerprint density at radius 3 is 2.32 bits per heavy atom. The van der Waals surface area contributed by atoms with Crippen LogP contribution in [0.15, 0.2) is 89.8 Å². The number of hydrogen-bond acceptors (Lipinski definition) is 6. The van der Waals surface area contributed by atoms with Crippen LogP contribution in [0.4, 0.5) is 5.82 Å². The molecule has 10 heteroatoms. The number of sulfonamides is 1. The van der Waals surface area contributed by atoms with Gasteiger partial charge in [0.15, 0.2) is 0 Å². The fourth-order valence-corrected chi connectivity index (χ4v) is 4.69. The standard InChI is InChI=1S/C27H22N4O5S/c28-24-16-20-8-4-5-9-22(20)23(29-24)15-12-18-10-13-21(14-11-18)37(35,36)31-25(17-26(32)33)30-27(34)19-6-2-1-3-7-19/h1-11,13-14,16,25,31H,17H2,(H2,28,29)(H,30,34)(H,32,33)/t25-/m0/s1. The van der Waals surface area contributed by atoms with Gasteiger partial charge in [0.2, 0.25) is 10.0 Å². The minimum Gasteiger partial charge on any atom is -0.481 e. The van der Waals surface area contributed by atoms with Crippen LogP contribution in [0, 0.1) is 11.8 Å². The fourth-order valence-electron chi connectivity index (χ4n) is 3.55. The number of aliphatic carboxylic acids is 1. The normalized spacial score (nSPS) is 11.8. The number of nitrogens with two attached hydrogens (primary N) is 1. The summed E-state index contributed by atoms with van der Waals surface area (Å²) in [7, 11) is -4.16. The van der Waals surface area contributed by atoms with E-state index in [0.717, 1.165) is 10.8 Å². The average Bonchev–Trinajstić information content (AvgIpc) is 2.87. The Kier molecular flexibility index (Phi) is 7.48. The molecular weight excluding hydrogens is 492 g/mol. The number of carboxylic acid groups (broad SMARTS) is 1. The van der Waals surface area contributed by atoms with Gasteiger partial charge in [0.05, 0.1) is 11.3 Å². The van der Waals surface area contributed by atoms with Crippen molar-refractivity contribution in [3.8, 4) is 11.8 Å². The maximum absolute atomic E-state index is 12.9. The van der Waals surface area contributed by atoms with Crippen LogP contribution in [0.25, 0.3) is 10.8 Å². The minimum absolute atomic E-state index is 0.116. The Labute approximate surface area is 213 Å². The molecule has 0 aliphatic rings. The van der Waals surface area contributed by atoms with E-state index in [9.17, 15) is 23.1 Å². The number of hydrogen-bond donors (Lipinski definition) is 4. The Hall–Kier alpha value is -4.72. The molecule has 1 atom stereocenters. The molecule has 3 aromatic carbocycles. The first-order valence-corrected chi connectivity index (χ1v) is 12.6. The molecule has 1 aromatic heterocycles. The van der Waals surface area contributed by atoms with Crippen molar-refractivity contribution in [2.75, 3.05) is 5.73 Å². The van der Waals surface area contributed by atoms with Crippen LogP contribution in [0.3, 0.4) is 0 Å². The first-order valence-electron chi connectivity index (χ1n) is 11.1. The van der Waals surface area contributed by atoms with E-state index in [1.807, 2.05) is 24.3 Å². The highest BCUT2D eigenvalue weighted by Crippen LogP contribution is 2.19. The van der Waals surface area contributed by atoms with Crippen LogP contribution in [-0.4, -0.2) is 36.6 Å². The van der Waals surface area contributed by atoms with Gasteiger partial charge in [-0.25, -0.2) is 13.4 Å². The summed E-state index contributed by atoms with van der Waals surface area (Å²) in [6.07, 6.45) is -2.01. The number of carbonyl (C=O) groups excluding carboxylic acids is 1. The topological polar surface area (TPSA) is 151 Å². The maximum atomic E-state index is 12.9. The van der Waals surface area contributed by atoms with Crippen molar-refractivity contribution >= 4 is 38.5 Å². The van der Waals surface area contributed by atoms with Gasteiger partial charge in [-0.05, 0) is 53.8 Å². The largest absolute Gasteiger partial charge is 0.481 e. The Morgan fingerprint density at radius 2 is 1.62 bits per heavy atom. The van der Waals surface area contributed by atoms with Gasteiger partial charge in [0.1, 0.15) is 17.7 Å². The first-order chi connectivity index (χ1) is 17.7. The highest BCUT2D eigenvalue weighted by molar-refractivity contribution is 7.89. The minimum atomic E-state index is -4.16. The van der Waals surface area contributed by atoms with Gasteiger partial charge in [-0.1, -0.05) is 48.4 Å². The summed E-state index contributed by atoms with van der Waals surface area (Å²) in [6, 6.07) is 23.1. The number of anilines is 1. The first kappa shape index (κ1) is 25.4. The summed E-state index contributed by atoms with van der Waals surface area (Å²) in [4.78, 5) is 27.9. The number of pyridine rings is 1. The lowest BCUT2D eigenvalue weighted by molar-refractivity contribution is -0.137. The van der Waals surface area contributed by atoms with Crippen LogP contribution < -0.4 is 15.8 Å². The molecule has 0 saturated carbocycles. The smallest absolute Gasteiger partial charge is 0.306 e. The second-order valence-electron chi connectivity index (χ2n) is 8.00. The van der Waals surface area contributed by atoms with Gasteiger partial charge in [-0.2, -0.15) is 4.72 Å². The summed E-state index contributed by atoms with van der Waals surface area (Å²) in [5.41, 5.74) is 7.18. The van der Waals surface area contributed by atoms with E-state index < -0.39 is 34.5 Å². The number of nitrogens with zero attached hydrogens (tertiary/aromatic N) is 1. The summed E-state index contributed by atoms with van der Waals surface area (Å²) >= 11 is 0. The number of rotatable bonds is 7. The molecule has 1 heterocycles. The van der Waals surface area contributed by atoms with Crippen LogP contribution in [-0.2, 0) is 14.8 Å². The highest BCUT2D eigenvalue weighted by Gasteiger charge is 2.24. The molecule has 4 aromatic rings. The predicted molar refractivity (Wildman–Crippen MR) is 139 cm³/mol. The molecule has 0 radical (unpaired) electrons. The molecule has 4 rings (SSSR count). The van der Waals surface area contributed by atoms with E-state index in [4.69, 9.17) is 5.73 Å². The maximum Gasteiger partial charge on any atom is 0.306 e. The molecule has 37 heavy (non-hydrogen) atoms. The van der Waals surface area contributed by atoms with Crippen molar-refractivity contribution in [2.45, 2.75) is 17.5 Å². The molecule has 186 valence electrons. The fraction of sp³-hybridized carbons (Fsp3) is 0.0741. The van der Waals surface area contributed by atoms with Gasteiger partial charge in [0.25, 0.3) is 5.91 Å². The molecule has 0 unspecified atom stereocenters. The number of benzene rings is 3. The lowest BCUT2D eigenvalue weighted by atomic mass is 10.1. The van der Waals surface area contributed by atoms with Crippen molar-refractivity contribution < 1.29 is 23.1 Å². The highest BCUT2D eigenvalue weighted by atomic mass is 32.2. The Balaban J connectivity index is 1.52. The molecule has 1 amide bonds. The van der Waals surface area contributed by atoms with Crippen molar-refractivity contribution in [3.63, 3.8) is 0 Å². The molecule has 0 saturated heterocycles. The molecule has 0 fully saturated rings. The van der Waals surface area contributed by atoms with Gasteiger partial charge in [-0.3, -0.25) is 9.59 Å². The second kappa shape index (κ2) is 10.9. The summed E-state index contributed by atoms with van der Waals surface area (Å²) < 4.78 is 28.0. The Bertz CT molecular complexity index is 1630. The third-order valence-electron chi connectivity index (χ3n) is 5.27. The third kappa shape index (κ3) is 6.49. The molecule has 0 spiro atoms. The van der Waals surface area contributed by atoms with E-state index in [2.05, 4.69) is 26.9 Å². The van der Waals surface area contributed by atoms with Crippen LogP contribution in [0.2, 0.25) is 0 Å². The monoisotopic (exact) mass is 514 g/mol. The van der Waals surface area contributed by atoms with E-state index >= 15 is 0 Å². The number of aromatic nitrogens is 1. The zero-order valence-corrected chi connectivity index (χ0v) is 20.2. The molecule has 0 aliphatic heterocycles. The zero-order chi connectivity index (χ0) is 26.4. The predicted octanol–water partition coefficient (Wildman–Crippen LogP) is 2.73. The number of nitrogens with one attached hydrogen (secondary N) is 2. The second-order valence-corrected chi connectivity index (χ2v) is 9.72. The number of amides is 1. The molecule has 5 N–H and O–H groups in total. The van der Waals surface area contributed by atoms with Gasteiger partial charge in [-0.15, -0.1) is 0 Å². The summed E-state index contributed by atoms with van der Waals surface area (Å²) in [6.45, 7) is 0. The van der Waals surface area contributed by atoms with E-state index in [0.29, 0.717) is 17.1 Å². The molecule has 0 aliphatic carbocycles. The van der Waals surface area contributed by atoms with Crippen LogP contribution in [0.5, 0.6) is 0 Å². The lowest BCUT2D eigenvalue weighted by Gasteiger charge is -2.19. The third-order valence-corrected chi connectivity index (χ3v) is 6.76. The number of carbonyl (C=O) groups is 2. The van der Waals surface area contributed by atoms with E-state index in [1.54, 1.807) is 24.3 Å². The number of nitrogen functional groups attached to an aromatic ring is 1. The summed E-state index contributed by atoms with van der Waals surface area (Å²) in [5, 5.41) is 13.3. The van der Waals surface area contributed by atoms with Gasteiger partial charge >= 0.3 is 5.97 Å². The molecule has 9 nitrogen and oxygen atoms in total. The lowest BCUT2D eigenvalue weighted by Crippen LogP contribution is -2.49. The average molecular weight is 515 g/mol. The van der Waals surface area contributed by atoms with Crippen LogP contribution >= 0.6 is 0 Å². The van der Waals surface area contributed by atoms with Crippen molar-refractivity contribution in [1.82, 2.24) is 15.0 Å². The van der Waals surface area contributed by atoms with Crippen molar-refractivity contribution in [1.29, 1.82) is 0 Å². The number of carboxylic acids is 1. The summed E-state index contributed by atoms with van der Waals surface area (Å²) in [5.74, 6) is 4.37. The van der Waals surface area contributed by atoms with Crippen molar-refractivity contribution in [3.05, 3.63) is 102 Å².